The van der Waals surface area contributed by atoms with Crippen molar-refractivity contribution in [2.75, 3.05) is 0 Å². The van der Waals surface area contributed by atoms with Crippen molar-refractivity contribution >= 4 is 11.9 Å². The molecule has 2 N–H and O–H groups in total. The molecule has 1 amide bonds. The lowest BCUT2D eigenvalue weighted by molar-refractivity contribution is -0.120. The molecule has 0 aromatic heterocycles. The van der Waals surface area contributed by atoms with Gasteiger partial charge in [0.1, 0.15) is 0 Å². The Kier molecular flexibility index (Phi) is 2.35. The van der Waals surface area contributed by atoms with Gasteiger partial charge < -0.3 is 5.32 Å². The number of guanidine groups is 1. The van der Waals surface area contributed by atoms with Gasteiger partial charge in [-0.05, 0) is 25.3 Å². The number of nitrogens with zero attached hydrogens (tertiary/aromatic N) is 1. The topological polar surface area (TPSA) is 53.5 Å². The summed E-state index contributed by atoms with van der Waals surface area (Å²) >= 11 is 0. The molecule has 0 bridgehead atoms. The van der Waals surface area contributed by atoms with Crippen molar-refractivity contribution in [3.05, 3.63) is 35.4 Å². The smallest absolute Gasteiger partial charge is 0.256 e. The number of rotatable bonds is 2. The van der Waals surface area contributed by atoms with Gasteiger partial charge in [0, 0.05) is 6.04 Å². The monoisotopic (exact) mass is 229 g/mol. The molecule has 1 aromatic carbocycles. The minimum absolute atomic E-state index is 0.0444. The molecule has 3 rings (SSSR count). The van der Waals surface area contributed by atoms with Crippen LogP contribution in [0.15, 0.2) is 29.3 Å². The Labute approximate surface area is 100 Å². The molecule has 1 fully saturated rings. The van der Waals surface area contributed by atoms with Crippen molar-refractivity contribution < 1.29 is 4.79 Å². The van der Waals surface area contributed by atoms with Crippen molar-refractivity contribution in [3.8, 4) is 0 Å². The molecule has 1 unspecified atom stereocenters. The molecular formula is C13H15N3O. The molecule has 1 aliphatic carbocycles. The molecule has 0 radical (unpaired) electrons. The van der Waals surface area contributed by atoms with Gasteiger partial charge in [0.2, 0.25) is 0 Å². The first-order valence-electron chi connectivity index (χ1n) is 5.94. The maximum atomic E-state index is 11.8. The molecule has 1 aliphatic heterocycles. The summed E-state index contributed by atoms with van der Waals surface area (Å²) in [7, 11) is 0. The number of aliphatic imine (C=N–C) groups is 1. The van der Waals surface area contributed by atoms with Gasteiger partial charge in [0.25, 0.3) is 5.91 Å². The molecule has 0 saturated heterocycles. The van der Waals surface area contributed by atoms with Crippen molar-refractivity contribution in [3.63, 3.8) is 0 Å². The second-order valence-corrected chi connectivity index (χ2v) is 4.70. The van der Waals surface area contributed by atoms with Crippen LogP contribution in [0.4, 0.5) is 0 Å². The lowest BCUT2D eigenvalue weighted by Crippen LogP contribution is -2.37. The fraction of sp³-hybridized carbons (Fsp3) is 0.385. The first-order chi connectivity index (χ1) is 8.22. The van der Waals surface area contributed by atoms with Crippen LogP contribution in [0.2, 0.25) is 0 Å². The zero-order valence-electron chi connectivity index (χ0n) is 9.73. The average Bonchev–Trinajstić information content (AvgIpc) is 3.03. The highest BCUT2D eigenvalue weighted by Crippen LogP contribution is 2.23. The largest absolute Gasteiger partial charge is 0.353 e. The molecule has 88 valence electrons. The van der Waals surface area contributed by atoms with Crippen molar-refractivity contribution in [1.82, 2.24) is 10.6 Å². The second-order valence-electron chi connectivity index (χ2n) is 4.70. The number of benzene rings is 1. The van der Waals surface area contributed by atoms with E-state index in [4.69, 9.17) is 0 Å². The third-order valence-electron chi connectivity index (χ3n) is 3.06. The van der Waals surface area contributed by atoms with E-state index in [2.05, 4.69) is 15.6 Å². The molecule has 4 nitrogen and oxygen atoms in total. The summed E-state index contributed by atoms with van der Waals surface area (Å²) in [6.07, 6.45) is 2.34. The average molecular weight is 229 g/mol. The quantitative estimate of drug-likeness (QED) is 0.802. The van der Waals surface area contributed by atoms with Crippen LogP contribution in [0.3, 0.4) is 0 Å². The van der Waals surface area contributed by atoms with Crippen molar-refractivity contribution in [1.29, 1.82) is 0 Å². The fourth-order valence-electron chi connectivity index (χ4n) is 1.87. The SMILES string of the molecule is Cc1ccc(C2N=C(NC3CC3)NC2=O)cc1. The highest BCUT2D eigenvalue weighted by molar-refractivity contribution is 6.05. The molecule has 0 spiro atoms. The lowest BCUT2D eigenvalue weighted by Gasteiger charge is -2.04. The van der Waals surface area contributed by atoms with Crippen LogP contribution in [-0.4, -0.2) is 17.9 Å². The highest BCUT2D eigenvalue weighted by Gasteiger charge is 2.31. The molecule has 1 aromatic rings. The zero-order chi connectivity index (χ0) is 11.8. The Balaban J connectivity index is 1.79. The first-order valence-corrected chi connectivity index (χ1v) is 5.94. The number of hydrogen-bond donors (Lipinski definition) is 2. The van der Waals surface area contributed by atoms with Crippen LogP contribution in [-0.2, 0) is 4.79 Å². The van der Waals surface area contributed by atoms with Crippen LogP contribution in [0.1, 0.15) is 30.0 Å². The standard InChI is InChI=1S/C13H15N3O/c1-8-2-4-9(5-3-8)11-12(17)16-13(15-11)14-10-6-7-10/h2-5,10-11H,6-7H2,1H3,(H2,14,15,16,17). The second kappa shape index (κ2) is 3.87. The predicted molar refractivity (Wildman–Crippen MR) is 65.7 cm³/mol. The Hall–Kier alpha value is -1.84. The number of nitrogens with one attached hydrogen (secondary N) is 2. The molecular weight excluding hydrogens is 214 g/mol. The van der Waals surface area contributed by atoms with Gasteiger partial charge >= 0.3 is 0 Å². The number of hydrogen-bond acceptors (Lipinski definition) is 3. The van der Waals surface area contributed by atoms with E-state index in [0.717, 1.165) is 5.56 Å². The van der Waals surface area contributed by atoms with Gasteiger partial charge in [-0.2, -0.15) is 0 Å². The number of aryl methyl sites for hydroxylation is 1. The molecule has 2 aliphatic rings. The van der Waals surface area contributed by atoms with Crippen LogP contribution >= 0.6 is 0 Å². The summed E-state index contributed by atoms with van der Waals surface area (Å²) in [6.45, 7) is 2.03. The fourth-order valence-corrected chi connectivity index (χ4v) is 1.87. The molecule has 17 heavy (non-hydrogen) atoms. The van der Waals surface area contributed by atoms with Gasteiger partial charge in [0.05, 0.1) is 0 Å². The van der Waals surface area contributed by atoms with E-state index in [1.165, 1.54) is 18.4 Å². The van der Waals surface area contributed by atoms with Crippen molar-refractivity contribution in [2.24, 2.45) is 4.99 Å². The maximum Gasteiger partial charge on any atom is 0.256 e. The Bertz CT molecular complexity index is 474. The van der Waals surface area contributed by atoms with E-state index in [1.54, 1.807) is 0 Å². The minimum Gasteiger partial charge on any atom is -0.353 e. The molecule has 1 atom stereocenters. The Morgan fingerprint density at radius 1 is 1.29 bits per heavy atom. The van der Waals surface area contributed by atoms with Gasteiger partial charge in [-0.15, -0.1) is 0 Å². The maximum absolute atomic E-state index is 11.8. The van der Waals surface area contributed by atoms with E-state index in [-0.39, 0.29) is 5.91 Å². The number of amides is 1. The Morgan fingerprint density at radius 2 is 2.00 bits per heavy atom. The number of carbonyl (C=O) groups is 1. The first kappa shape index (κ1) is 10.3. The highest BCUT2D eigenvalue weighted by atomic mass is 16.2. The van der Waals surface area contributed by atoms with E-state index in [0.29, 0.717) is 12.0 Å². The summed E-state index contributed by atoms with van der Waals surface area (Å²) in [5.74, 6) is 0.583. The normalized spacial score (nSPS) is 23.2. The van der Waals surface area contributed by atoms with E-state index < -0.39 is 6.04 Å². The third kappa shape index (κ3) is 2.16. The molecule has 4 heteroatoms. The van der Waals surface area contributed by atoms with Crippen LogP contribution in [0.25, 0.3) is 0 Å². The summed E-state index contributed by atoms with van der Waals surface area (Å²) in [6, 6.07) is 8.05. The summed E-state index contributed by atoms with van der Waals surface area (Å²) < 4.78 is 0. The van der Waals surface area contributed by atoms with E-state index >= 15 is 0 Å². The van der Waals surface area contributed by atoms with Crippen LogP contribution in [0, 0.1) is 6.92 Å². The Morgan fingerprint density at radius 3 is 2.65 bits per heavy atom. The summed E-state index contributed by atoms with van der Waals surface area (Å²) in [4.78, 5) is 16.2. The minimum atomic E-state index is -0.392. The van der Waals surface area contributed by atoms with Gasteiger partial charge in [0.15, 0.2) is 12.0 Å². The van der Waals surface area contributed by atoms with Gasteiger partial charge in [-0.1, -0.05) is 29.8 Å². The van der Waals surface area contributed by atoms with Gasteiger partial charge in [-0.25, -0.2) is 4.99 Å². The summed E-state index contributed by atoms with van der Waals surface area (Å²) in [5, 5.41) is 6.00. The van der Waals surface area contributed by atoms with Gasteiger partial charge in [-0.3, -0.25) is 10.1 Å². The van der Waals surface area contributed by atoms with Crippen molar-refractivity contribution in [2.45, 2.75) is 31.8 Å². The van der Waals surface area contributed by atoms with E-state index in [9.17, 15) is 4.79 Å². The predicted octanol–water partition coefficient (Wildman–Crippen LogP) is 1.27. The number of carbonyl (C=O) groups excluding carboxylic acids is 1. The molecule has 1 saturated carbocycles. The van der Waals surface area contributed by atoms with E-state index in [1.807, 2.05) is 31.2 Å². The van der Waals surface area contributed by atoms with Crippen LogP contribution < -0.4 is 10.6 Å². The third-order valence-corrected chi connectivity index (χ3v) is 3.06. The lowest BCUT2D eigenvalue weighted by atomic mass is 10.1. The molecule has 1 heterocycles. The van der Waals surface area contributed by atoms with Crippen LogP contribution in [0.5, 0.6) is 0 Å². The summed E-state index contributed by atoms with van der Waals surface area (Å²) in [5.41, 5.74) is 2.13. The zero-order valence-corrected chi connectivity index (χ0v) is 9.73.